The molecular weight excluding hydrogens is 433 g/mol. The van der Waals surface area contributed by atoms with Gasteiger partial charge in [-0.25, -0.2) is 4.79 Å². The summed E-state index contributed by atoms with van der Waals surface area (Å²) in [7, 11) is 1.91. The third kappa shape index (κ3) is 7.54. The molecule has 9 heteroatoms. The average Bonchev–Trinajstić information content (AvgIpc) is 3.14. The molecule has 0 saturated heterocycles. The Bertz CT molecular complexity index is 923. The summed E-state index contributed by atoms with van der Waals surface area (Å²) >= 11 is 0. The number of aromatic nitrogens is 1. The SMILES string of the molecule is CCC(C)N(CC(=O)N(Cc1cccn1C)CC(C)C)C(=O)Nc1ccc(C(F)(F)F)cc1. The summed E-state index contributed by atoms with van der Waals surface area (Å²) in [5.74, 6) is 0.0556. The maximum absolute atomic E-state index is 13.2. The van der Waals surface area contributed by atoms with Crippen molar-refractivity contribution in [2.24, 2.45) is 13.0 Å². The van der Waals surface area contributed by atoms with Crippen molar-refractivity contribution in [3.05, 3.63) is 53.9 Å². The number of nitrogens with one attached hydrogen (secondary N) is 1. The first-order valence-corrected chi connectivity index (χ1v) is 11.0. The van der Waals surface area contributed by atoms with Crippen molar-refractivity contribution in [1.82, 2.24) is 14.4 Å². The summed E-state index contributed by atoms with van der Waals surface area (Å²) in [5, 5.41) is 2.62. The number of hydrogen-bond donors (Lipinski definition) is 1. The fraction of sp³-hybridized carbons (Fsp3) is 0.500. The largest absolute Gasteiger partial charge is 0.416 e. The van der Waals surface area contributed by atoms with E-state index >= 15 is 0 Å². The highest BCUT2D eigenvalue weighted by Gasteiger charge is 2.30. The Morgan fingerprint density at radius 1 is 1.09 bits per heavy atom. The minimum Gasteiger partial charge on any atom is -0.353 e. The fourth-order valence-electron chi connectivity index (χ4n) is 3.38. The summed E-state index contributed by atoms with van der Waals surface area (Å²) in [4.78, 5) is 29.4. The molecule has 0 fully saturated rings. The molecule has 1 atom stereocenters. The number of halogens is 3. The molecule has 1 heterocycles. The van der Waals surface area contributed by atoms with Crippen LogP contribution in [-0.2, 0) is 24.6 Å². The van der Waals surface area contributed by atoms with E-state index in [1.807, 2.05) is 57.6 Å². The van der Waals surface area contributed by atoms with Crippen LogP contribution in [0.1, 0.15) is 45.4 Å². The molecule has 3 amide bonds. The summed E-state index contributed by atoms with van der Waals surface area (Å²) in [6.07, 6.45) is -1.91. The zero-order valence-electron chi connectivity index (χ0n) is 19.8. The summed E-state index contributed by atoms with van der Waals surface area (Å²) in [6, 6.07) is 7.34. The minimum absolute atomic E-state index is 0.126. The third-order valence-corrected chi connectivity index (χ3v) is 5.50. The zero-order valence-corrected chi connectivity index (χ0v) is 19.8. The Balaban J connectivity index is 2.16. The van der Waals surface area contributed by atoms with E-state index in [2.05, 4.69) is 5.32 Å². The van der Waals surface area contributed by atoms with Gasteiger partial charge in [-0.1, -0.05) is 20.8 Å². The molecule has 2 aromatic rings. The van der Waals surface area contributed by atoms with Crippen LogP contribution in [0.25, 0.3) is 0 Å². The lowest BCUT2D eigenvalue weighted by Crippen LogP contribution is -2.48. The van der Waals surface area contributed by atoms with Crippen LogP contribution in [0.15, 0.2) is 42.6 Å². The van der Waals surface area contributed by atoms with E-state index in [0.717, 1.165) is 17.8 Å². The van der Waals surface area contributed by atoms with Crippen molar-refractivity contribution in [3.63, 3.8) is 0 Å². The van der Waals surface area contributed by atoms with Crippen LogP contribution in [0.3, 0.4) is 0 Å². The lowest BCUT2D eigenvalue weighted by molar-refractivity contribution is -0.137. The topological polar surface area (TPSA) is 57.6 Å². The van der Waals surface area contributed by atoms with Gasteiger partial charge in [0, 0.05) is 37.2 Å². The fourth-order valence-corrected chi connectivity index (χ4v) is 3.38. The van der Waals surface area contributed by atoms with Gasteiger partial charge in [0.2, 0.25) is 5.91 Å². The second kappa shape index (κ2) is 11.2. The van der Waals surface area contributed by atoms with E-state index < -0.39 is 17.8 Å². The van der Waals surface area contributed by atoms with Gasteiger partial charge in [0.25, 0.3) is 0 Å². The van der Waals surface area contributed by atoms with E-state index in [1.54, 1.807) is 4.90 Å². The van der Waals surface area contributed by atoms with E-state index in [0.29, 0.717) is 19.5 Å². The van der Waals surface area contributed by atoms with Gasteiger partial charge in [-0.05, 0) is 55.7 Å². The zero-order chi connectivity index (χ0) is 24.8. The van der Waals surface area contributed by atoms with E-state index in [1.165, 1.54) is 17.0 Å². The van der Waals surface area contributed by atoms with Crippen LogP contribution in [0.4, 0.5) is 23.7 Å². The first-order valence-electron chi connectivity index (χ1n) is 11.0. The Morgan fingerprint density at radius 2 is 1.73 bits per heavy atom. The predicted octanol–water partition coefficient (Wildman–Crippen LogP) is 5.36. The summed E-state index contributed by atoms with van der Waals surface area (Å²) in [6.45, 7) is 8.63. The molecule has 1 aromatic heterocycles. The molecule has 1 N–H and O–H groups in total. The van der Waals surface area contributed by atoms with Crippen LogP contribution in [-0.4, -0.2) is 45.4 Å². The average molecular weight is 467 g/mol. The predicted molar refractivity (Wildman–Crippen MR) is 123 cm³/mol. The molecule has 2 rings (SSSR count). The number of urea groups is 1. The molecule has 0 spiro atoms. The number of carbonyl (C=O) groups is 2. The molecule has 0 bridgehead atoms. The number of rotatable bonds is 9. The maximum Gasteiger partial charge on any atom is 0.416 e. The maximum atomic E-state index is 13.2. The summed E-state index contributed by atoms with van der Waals surface area (Å²) in [5.41, 5.74) is 0.421. The molecule has 1 aromatic carbocycles. The molecule has 6 nitrogen and oxygen atoms in total. The van der Waals surface area contributed by atoms with Gasteiger partial charge in [0.05, 0.1) is 12.1 Å². The van der Waals surface area contributed by atoms with Crippen molar-refractivity contribution in [2.75, 3.05) is 18.4 Å². The van der Waals surface area contributed by atoms with E-state index in [9.17, 15) is 22.8 Å². The highest BCUT2D eigenvalue weighted by molar-refractivity contribution is 5.92. The number of amides is 3. The van der Waals surface area contributed by atoms with Crippen molar-refractivity contribution >= 4 is 17.6 Å². The van der Waals surface area contributed by atoms with Gasteiger partial charge in [0.1, 0.15) is 6.54 Å². The van der Waals surface area contributed by atoms with Crippen LogP contribution >= 0.6 is 0 Å². The van der Waals surface area contributed by atoms with Crippen LogP contribution < -0.4 is 5.32 Å². The first-order chi connectivity index (χ1) is 15.4. The number of anilines is 1. The van der Waals surface area contributed by atoms with Gasteiger partial charge in [0.15, 0.2) is 0 Å². The second-order valence-corrected chi connectivity index (χ2v) is 8.67. The number of carbonyl (C=O) groups excluding carboxylic acids is 2. The molecular formula is C24H33F3N4O2. The van der Waals surface area contributed by atoms with Crippen LogP contribution in [0.2, 0.25) is 0 Å². The van der Waals surface area contributed by atoms with Gasteiger partial charge < -0.3 is 19.7 Å². The Labute approximate surface area is 193 Å². The first kappa shape index (κ1) is 26.3. The quantitative estimate of drug-likeness (QED) is 0.541. The highest BCUT2D eigenvalue weighted by Crippen LogP contribution is 2.29. The van der Waals surface area contributed by atoms with Gasteiger partial charge in [-0.15, -0.1) is 0 Å². The minimum atomic E-state index is -4.45. The number of alkyl halides is 3. The molecule has 33 heavy (non-hydrogen) atoms. The lowest BCUT2D eigenvalue weighted by Gasteiger charge is -2.32. The van der Waals surface area contributed by atoms with Crippen molar-refractivity contribution in [1.29, 1.82) is 0 Å². The van der Waals surface area contributed by atoms with E-state index in [4.69, 9.17) is 0 Å². The van der Waals surface area contributed by atoms with E-state index in [-0.39, 0.29) is 30.1 Å². The van der Waals surface area contributed by atoms with Gasteiger partial charge in [-0.3, -0.25) is 4.79 Å². The normalized spacial score (nSPS) is 12.5. The van der Waals surface area contributed by atoms with Gasteiger partial charge in [-0.2, -0.15) is 13.2 Å². The standard InChI is InChI=1S/C24H33F3N4O2/c1-6-18(4)31(23(33)28-20-11-9-19(10-12-20)24(25,26)27)16-22(32)30(14-17(2)3)15-21-8-7-13-29(21)5/h7-13,17-18H,6,14-16H2,1-5H3,(H,28,33). The second-order valence-electron chi connectivity index (χ2n) is 8.67. The van der Waals surface area contributed by atoms with Crippen molar-refractivity contribution in [2.45, 2.75) is 52.9 Å². The lowest BCUT2D eigenvalue weighted by atomic mass is 10.2. The van der Waals surface area contributed by atoms with Crippen LogP contribution in [0.5, 0.6) is 0 Å². The Hall–Kier alpha value is -2.97. The van der Waals surface area contributed by atoms with Crippen molar-refractivity contribution in [3.8, 4) is 0 Å². The summed E-state index contributed by atoms with van der Waals surface area (Å²) < 4.78 is 40.3. The number of aryl methyl sites for hydroxylation is 1. The molecule has 0 aliphatic carbocycles. The molecule has 0 aliphatic rings. The smallest absolute Gasteiger partial charge is 0.353 e. The monoisotopic (exact) mass is 466 g/mol. The molecule has 0 aliphatic heterocycles. The number of benzene rings is 1. The van der Waals surface area contributed by atoms with Gasteiger partial charge >= 0.3 is 12.2 Å². The molecule has 1 unspecified atom stereocenters. The molecule has 0 radical (unpaired) electrons. The third-order valence-electron chi connectivity index (χ3n) is 5.50. The Morgan fingerprint density at radius 3 is 2.21 bits per heavy atom. The van der Waals surface area contributed by atoms with Crippen molar-refractivity contribution < 1.29 is 22.8 Å². The molecule has 0 saturated carbocycles. The number of nitrogens with zero attached hydrogens (tertiary/aromatic N) is 3. The molecule has 182 valence electrons. The Kier molecular flexibility index (Phi) is 8.96. The number of hydrogen-bond acceptors (Lipinski definition) is 2. The van der Waals surface area contributed by atoms with Crippen LogP contribution in [0, 0.1) is 5.92 Å². The highest BCUT2D eigenvalue weighted by atomic mass is 19.4.